The van der Waals surface area contributed by atoms with E-state index in [-0.39, 0.29) is 12.0 Å². The molecule has 0 spiro atoms. The minimum atomic E-state index is -0.170. The maximum atomic E-state index is 12.3. The topological polar surface area (TPSA) is 77.0 Å². The van der Waals surface area contributed by atoms with Crippen molar-refractivity contribution in [1.82, 2.24) is 20.3 Å². The van der Waals surface area contributed by atoms with Gasteiger partial charge in [0.1, 0.15) is 12.1 Å². The molecule has 1 aromatic carbocycles. The molecule has 26 heavy (non-hydrogen) atoms. The highest BCUT2D eigenvalue weighted by Gasteiger charge is 2.07. The molecule has 6 heteroatoms. The molecule has 2 aromatic heterocycles. The van der Waals surface area contributed by atoms with Gasteiger partial charge in [0.15, 0.2) is 0 Å². The van der Waals surface area contributed by atoms with Crippen molar-refractivity contribution in [2.75, 3.05) is 0 Å². The summed E-state index contributed by atoms with van der Waals surface area (Å²) in [5.41, 5.74) is 3.04. The van der Waals surface area contributed by atoms with Gasteiger partial charge in [0.2, 0.25) is 0 Å². The van der Waals surface area contributed by atoms with Crippen LogP contribution in [0, 0.1) is 0 Å². The SMILES string of the molecule is CC(C)Oc1ccc(CNC(=O)c2ccc(-c3cncnc3)nc2)cc1. The molecular formula is C20H20N4O2. The number of pyridine rings is 1. The van der Waals surface area contributed by atoms with Crippen LogP contribution in [0.2, 0.25) is 0 Å². The van der Waals surface area contributed by atoms with Crippen LogP contribution in [0.4, 0.5) is 0 Å². The Morgan fingerprint density at radius 1 is 1.04 bits per heavy atom. The molecule has 0 unspecified atom stereocenters. The molecule has 6 nitrogen and oxygen atoms in total. The highest BCUT2D eigenvalue weighted by Crippen LogP contribution is 2.15. The van der Waals surface area contributed by atoms with Gasteiger partial charge in [-0.1, -0.05) is 12.1 Å². The van der Waals surface area contributed by atoms with Crippen molar-refractivity contribution in [3.05, 3.63) is 72.4 Å². The van der Waals surface area contributed by atoms with Crippen LogP contribution in [-0.4, -0.2) is 27.0 Å². The minimum Gasteiger partial charge on any atom is -0.491 e. The summed E-state index contributed by atoms with van der Waals surface area (Å²) < 4.78 is 5.61. The van der Waals surface area contributed by atoms with Crippen LogP contribution < -0.4 is 10.1 Å². The van der Waals surface area contributed by atoms with E-state index in [0.29, 0.717) is 12.1 Å². The van der Waals surface area contributed by atoms with Crippen LogP contribution >= 0.6 is 0 Å². The highest BCUT2D eigenvalue weighted by atomic mass is 16.5. The molecule has 1 amide bonds. The zero-order valence-electron chi connectivity index (χ0n) is 14.7. The number of rotatable bonds is 6. The van der Waals surface area contributed by atoms with Crippen LogP contribution in [-0.2, 0) is 6.54 Å². The fraction of sp³-hybridized carbons (Fsp3) is 0.200. The maximum Gasteiger partial charge on any atom is 0.253 e. The molecule has 0 radical (unpaired) electrons. The molecule has 0 saturated heterocycles. The van der Waals surface area contributed by atoms with Crippen molar-refractivity contribution in [2.45, 2.75) is 26.5 Å². The monoisotopic (exact) mass is 348 g/mol. The Morgan fingerprint density at radius 2 is 1.77 bits per heavy atom. The Hall–Kier alpha value is -3.28. The first-order chi connectivity index (χ1) is 12.6. The number of carbonyl (C=O) groups excluding carboxylic acids is 1. The summed E-state index contributed by atoms with van der Waals surface area (Å²) in [6.45, 7) is 4.41. The second kappa shape index (κ2) is 8.20. The standard InChI is InChI=1S/C20H20N4O2/c1-14(2)26-18-6-3-15(4-7-18)9-24-20(25)16-5-8-19(23-12-16)17-10-21-13-22-11-17/h3-8,10-14H,9H2,1-2H3,(H,24,25). The van der Waals surface area contributed by atoms with Gasteiger partial charge >= 0.3 is 0 Å². The minimum absolute atomic E-state index is 0.137. The normalized spacial score (nSPS) is 10.6. The number of hydrogen-bond acceptors (Lipinski definition) is 5. The van der Waals surface area contributed by atoms with Crippen molar-refractivity contribution in [2.24, 2.45) is 0 Å². The van der Waals surface area contributed by atoms with E-state index < -0.39 is 0 Å². The van der Waals surface area contributed by atoms with Gasteiger partial charge in [-0.2, -0.15) is 0 Å². The molecule has 132 valence electrons. The van der Waals surface area contributed by atoms with E-state index in [9.17, 15) is 4.79 Å². The third-order valence-electron chi connectivity index (χ3n) is 3.63. The average Bonchev–Trinajstić information content (AvgIpc) is 2.67. The van der Waals surface area contributed by atoms with E-state index >= 15 is 0 Å². The largest absolute Gasteiger partial charge is 0.491 e. The molecule has 0 aliphatic rings. The van der Waals surface area contributed by atoms with E-state index in [1.54, 1.807) is 30.7 Å². The van der Waals surface area contributed by atoms with Gasteiger partial charge in [-0.25, -0.2) is 9.97 Å². The number of ether oxygens (including phenoxy) is 1. The van der Waals surface area contributed by atoms with Crippen LogP contribution in [0.25, 0.3) is 11.3 Å². The molecule has 0 aliphatic carbocycles. The first kappa shape index (κ1) is 17.5. The summed E-state index contributed by atoms with van der Waals surface area (Å²) in [5, 5.41) is 2.89. The molecule has 0 atom stereocenters. The fourth-order valence-electron chi connectivity index (χ4n) is 2.37. The van der Waals surface area contributed by atoms with Crippen LogP contribution in [0.15, 0.2) is 61.3 Å². The van der Waals surface area contributed by atoms with Gasteiger partial charge in [0.05, 0.1) is 17.4 Å². The van der Waals surface area contributed by atoms with Gasteiger partial charge in [-0.15, -0.1) is 0 Å². The summed E-state index contributed by atoms with van der Waals surface area (Å²) in [4.78, 5) is 24.5. The number of benzene rings is 1. The predicted molar refractivity (Wildman–Crippen MR) is 98.6 cm³/mol. The van der Waals surface area contributed by atoms with E-state index in [1.165, 1.54) is 6.33 Å². The lowest BCUT2D eigenvalue weighted by Crippen LogP contribution is -2.22. The van der Waals surface area contributed by atoms with E-state index in [0.717, 1.165) is 22.6 Å². The highest BCUT2D eigenvalue weighted by molar-refractivity contribution is 5.94. The molecule has 0 bridgehead atoms. The van der Waals surface area contributed by atoms with Crippen molar-refractivity contribution in [1.29, 1.82) is 0 Å². The van der Waals surface area contributed by atoms with E-state index in [2.05, 4.69) is 20.3 Å². The first-order valence-corrected chi connectivity index (χ1v) is 8.37. The summed E-state index contributed by atoms with van der Waals surface area (Å²) in [6, 6.07) is 11.2. The Balaban J connectivity index is 1.58. The van der Waals surface area contributed by atoms with Crippen molar-refractivity contribution >= 4 is 5.91 Å². The predicted octanol–water partition coefficient (Wildman–Crippen LogP) is 3.26. The van der Waals surface area contributed by atoms with Gasteiger partial charge < -0.3 is 10.1 Å². The maximum absolute atomic E-state index is 12.3. The summed E-state index contributed by atoms with van der Waals surface area (Å²) in [5.74, 6) is 0.649. The van der Waals surface area contributed by atoms with Crippen LogP contribution in [0.1, 0.15) is 29.8 Å². The number of aromatic nitrogens is 3. The second-order valence-electron chi connectivity index (χ2n) is 6.05. The molecule has 1 N–H and O–H groups in total. The zero-order chi connectivity index (χ0) is 18.4. The number of amides is 1. The molecule has 2 heterocycles. The van der Waals surface area contributed by atoms with Gasteiger partial charge in [0, 0.05) is 30.7 Å². The molecule has 3 rings (SSSR count). The Morgan fingerprint density at radius 3 is 2.38 bits per heavy atom. The summed E-state index contributed by atoms with van der Waals surface area (Å²) in [6.07, 6.45) is 6.52. The molecule has 3 aromatic rings. The third-order valence-corrected chi connectivity index (χ3v) is 3.63. The zero-order valence-corrected chi connectivity index (χ0v) is 14.7. The lowest BCUT2D eigenvalue weighted by atomic mass is 10.1. The van der Waals surface area contributed by atoms with Gasteiger partial charge in [0.25, 0.3) is 5.91 Å². The Kier molecular flexibility index (Phi) is 5.53. The first-order valence-electron chi connectivity index (χ1n) is 8.37. The van der Waals surface area contributed by atoms with Crippen molar-refractivity contribution in [3.63, 3.8) is 0 Å². The van der Waals surface area contributed by atoms with Crippen LogP contribution in [0.3, 0.4) is 0 Å². The Bertz CT molecular complexity index is 847. The smallest absolute Gasteiger partial charge is 0.253 e. The van der Waals surface area contributed by atoms with Crippen LogP contribution in [0.5, 0.6) is 5.75 Å². The number of hydrogen-bond donors (Lipinski definition) is 1. The van der Waals surface area contributed by atoms with E-state index in [1.807, 2.05) is 38.1 Å². The van der Waals surface area contributed by atoms with Gasteiger partial charge in [-0.05, 0) is 43.7 Å². The fourth-order valence-corrected chi connectivity index (χ4v) is 2.37. The molecule has 0 aliphatic heterocycles. The van der Waals surface area contributed by atoms with Gasteiger partial charge in [-0.3, -0.25) is 9.78 Å². The Labute approximate surface area is 152 Å². The summed E-state index contributed by atoms with van der Waals surface area (Å²) in [7, 11) is 0. The molecule has 0 saturated carbocycles. The molecular weight excluding hydrogens is 328 g/mol. The van der Waals surface area contributed by atoms with E-state index in [4.69, 9.17) is 4.74 Å². The lowest BCUT2D eigenvalue weighted by molar-refractivity contribution is 0.0950. The number of nitrogens with zero attached hydrogens (tertiary/aromatic N) is 3. The quantitative estimate of drug-likeness (QED) is 0.740. The lowest BCUT2D eigenvalue weighted by Gasteiger charge is -2.10. The molecule has 0 fully saturated rings. The summed E-state index contributed by atoms with van der Waals surface area (Å²) >= 11 is 0. The average molecular weight is 348 g/mol. The number of nitrogens with one attached hydrogen (secondary N) is 1. The number of carbonyl (C=O) groups is 1. The van der Waals surface area contributed by atoms with Crippen molar-refractivity contribution in [3.8, 4) is 17.0 Å². The third kappa shape index (κ3) is 4.63. The van der Waals surface area contributed by atoms with Crippen molar-refractivity contribution < 1.29 is 9.53 Å². The second-order valence-corrected chi connectivity index (χ2v) is 6.05.